The average molecular weight is 459 g/mol. The molecule has 8 nitrogen and oxygen atoms in total. The number of piperazine rings is 1. The number of hydrogen-bond acceptors (Lipinski definition) is 6. The first kappa shape index (κ1) is 23.1. The summed E-state index contributed by atoms with van der Waals surface area (Å²) in [7, 11) is 0. The van der Waals surface area contributed by atoms with E-state index in [-0.39, 0.29) is 24.7 Å². The van der Waals surface area contributed by atoms with E-state index in [1.54, 1.807) is 23.6 Å². The molecular weight excluding hydrogens is 432 g/mol. The molecule has 33 heavy (non-hydrogen) atoms. The number of aryl methyl sites for hydroxylation is 2. The Labute approximate surface area is 190 Å². The largest absolute Gasteiger partial charge is 0.485 e. The highest BCUT2D eigenvalue weighted by Crippen LogP contribution is 2.26. The molecule has 0 aliphatic carbocycles. The van der Waals surface area contributed by atoms with E-state index in [4.69, 9.17) is 9.84 Å². The van der Waals surface area contributed by atoms with E-state index < -0.39 is 11.6 Å². The van der Waals surface area contributed by atoms with Crippen molar-refractivity contribution in [1.82, 2.24) is 24.7 Å². The second kappa shape index (κ2) is 9.82. The van der Waals surface area contributed by atoms with Crippen molar-refractivity contribution in [3.05, 3.63) is 64.6 Å². The Hall–Kier alpha value is -3.08. The van der Waals surface area contributed by atoms with Gasteiger partial charge in [-0.05, 0) is 37.6 Å². The van der Waals surface area contributed by atoms with Crippen molar-refractivity contribution in [2.75, 3.05) is 39.3 Å². The molecule has 2 N–H and O–H groups in total. The lowest BCUT2D eigenvalue weighted by molar-refractivity contribution is 0.0575. The number of aromatic nitrogens is 2. The van der Waals surface area contributed by atoms with Gasteiger partial charge in [0, 0.05) is 38.9 Å². The fraction of sp³-hybridized carbons (Fsp3) is 0.391. The maximum Gasteiger partial charge on any atom is 0.284 e. The van der Waals surface area contributed by atoms with Crippen LogP contribution < -0.4 is 10.2 Å². The Bertz CT molecular complexity index is 1140. The van der Waals surface area contributed by atoms with E-state index in [2.05, 4.69) is 15.3 Å². The number of hydrogen-bond donors (Lipinski definition) is 2. The number of benzene rings is 1. The number of carbonyl (C=O) groups excluding carboxylic acids is 1. The maximum absolute atomic E-state index is 14.0. The van der Waals surface area contributed by atoms with Gasteiger partial charge in [-0.3, -0.25) is 19.5 Å². The number of fused-ring (bicyclic) bond motifs is 1. The van der Waals surface area contributed by atoms with Crippen molar-refractivity contribution < 1.29 is 23.4 Å². The Balaban J connectivity index is 1.55. The highest BCUT2D eigenvalue weighted by Gasteiger charge is 2.23. The molecule has 176 valence electrons. The number of aliphatic hydroxyl groups excluding tert-OH is 1. The fourth-order valence-electron chi connectivity index (χ4n) is 3.98. The number of imidazole rings is 1. The quantitative estimate of drug-likeness (QED) is 0.563. The molecule has 0 spiro atoms. The van der Waals surface area contributed by atoms with Crippen LogP contribution in [0, 0.1) is 25.5 Å². The van der Waals surface area contributed by atoms with Gasteiger partial charge in [0.15, 0.2) is 11.4 Å². The summed E-state index contributed by atoms with van der Waals surface area (Å²) in [4.78, 5) is 19.7. The number of nitrogens with zero attached hydrogens (tertiary/aromatic N) is 4. The molecule has 3 heterocycles. The smallest absolute Gasteiger partial charge is 0.284 e. The number of amides is 1. The third-order valence-electron chi connectivity index (χ3n) is 5.69. The number of aliphatic hydroxyl groups is 1. The average Bonchev–Trinajstić information content (AvgIpc) is 3.10. The molecule has 0 radical (unpaired) electrons. The number of halogens is 2. The van der Waals surface area contributed by atoms with Gasteiger partial charge in [-0.25, -0.2) is 18.8 Å². The normalized spacial score (nSPS) is 15.2. The van der Waals surface area contributed by atoms with E-state index in [1.807, 2.05) is 11.9 Å². The number of hydrazine groups is 1. The van der Waals surface area contributed by atoms with Gasteiger partial charge in [-0.2, -0.15) is 0 Å². The van der Waals surface area contributed by atoms with Crippen LogP contribution in [0.2, 0.25) is 0 Å². The zero-order chi connectivity index (χ0) is 23.5. The van der Waals surface area contributed by atoms with Crippen molar-refractivity contribution >= 4 is 11.6 Å². The summed E-state index contributed by atoms with van der Waals surface area (Å²) in [6.07, 6.45) is 1.78. The maximum atomic E-state index is 14.0. The molecule has 0 bridgehead atoms. The van der Waals surface area contributed by atoms with Crippen molar-refractivity contribution in [3.8, 4) is 5.75 Å². The molecule has 0 saturated carbocycles. The summed E-state index contributed by atoms with van der Waals surface area (Å²) in [5.41, 5.74) is 4.84. The Morgan fingerprint density at radius 2 is 1.88 bits per heavy atom. The van der Waals surface area contributed by atoms with Crippen molar-refractivity contribution in [2.45, 2.75) is 20.5 Å². The van der Waals surface area contributed by atoms with E-state index in [1.165, 1.54) is 18.2 Å². The zero-order valence-electron chi connectivity index (χ0n) is 18.6. The topological polar surface area (TPSA) is 82.3 Å². The molecule has 10 heteroatoms. The highest BCUT2D eigenvalue weighted by molar-refractivity contribution is 5.94. The number of nitrogens with one attached hydrogen (secondary N) is 1. The first-order chi connectivity index (χ1) is 15.9. The van der Waals surface area contributed by atoms with E-state index in [9.17, 15) is 13.6 Å². The van der Waals surface area contributed by atoms with Crippen LogP contribution in [0.25, 0.3) is 5.65 Å². The molecule has 1 fully saturated rings. The third-order valence-corrected chi connectivity index (χ3v) is 5.69. The fourth-order valence-corrected chi connectivity index (χ4v) is 3.98. The van der Waals surface area contributed by atoms with Gasteiger partial charge in [0.1, 0.15) is 23.9 Å². The monoisotopic (exact) mass is 459 g/mol. The van der Waals surface area contributed by atoms with E-state index in [0.717, 1.165) is 18.7 Å². The summed E-state index contributed by atoms with van der Waals surface area (Å²) >= 11 is 0. The van der Waals surface area contributed by atoms with Crippen LogP contribution in [-0.2, 0) is 6.61 Å². The molecule has 1 aliphatic heterocycles. The van der Waals surface area contributed by atoms with Crippen LogP contribution in [-0.4, -0.2) is 69.6 Å². The first-order valence-electron chi connectivity index (χ1n) is 10.8. The van der Waals surface area contributed by atoms with Gasteiger partial charge in [-0.15, -0.1) is 0 Å². The standard InChI is InChI=1S/C23H27F2N5O3/c1-15-12-20(33-14-17-18(24)4-3-5-19(17)25)22-26-16(2)21(30(22)13-15)23(32)27-29-8-6-28(7-9-29)10-11-31/h3-5,12-13,31H,6-11,14H2,1-2H3,(H,27,32). The second-order valence-corrected chi connectivity index (χ2v) is 8.10. The van der Waals surface area contributed by atoms with Crippen LogP contribution in [0.3, 0.4) is 0 Å². The summed E-state index contributed by atoms with van der Waals surface area (Å²) in [6.45, 7) is 6.78. The second-order valence-electron chi connectivity index (χ2n) is 8.10. The Morgan fingerprint density at radius 3 is 2.55 bits per heavy atom. The predicted octanol–water partition coefficient (Wildman–Crippen LogP) is 2.06. The molecule has 0 unspecified atom stereocenters. The first-order valence-corrected chi connectivity index (χ1v) is 10.8. The van der Waals surface area contributed by atoms with E-state index >= 15 is 0 Å². The Kier molecular flexibility index (Phi) is 6.87. The minimum Gasteiger partial charge on any atom is -0.485 e. The highest BCUT2D eigenvalue weighted by atomic mass is 19.1. The predicted molar refractivity (Wildman–Crippen MR) is 118 cm³/mol. The molecule has 3 aromatic rings. The third kappa shape index (κ3) is 4.97. The number of carbonyl (C=O) groups is 1. The Morgan fingerprint density at radius 1 is 1.18 bits per heavy atom. The lowest BCUT2D eigenvalue weighted by atomic mass is 10.2. The van der Waals surface area contributed by atoms with E-state index in [0.29, 0.717) is 42.4 Å². The number of rotatable bonds is 7. The molecular formula is C23H27F2N5O3. The van der Waals surface area contributed by atoms with Gasteiger partial charge >= 0.3 is 0 Å². The SMILES string of the molecule is Cc1cc(OCc2c(F)cccc2F)c2nc(C)c(C(=O)NN3CCN(CCO)CC3)n2c1. The molecule has 1 aromatic carbocycles. The molecule has 1 aliphatic rings. The lowest BCUT2D eigenvalue weighted by Gasteiger charge is -2.34. The van der Waals surface area contributed by atoms with Crippen LogP contribution in [0.4, 0.5) is 8.78 Å². The van der Waals surface area contributed by atoms with Gasteiger partial charge in [0.25, 0.3) is 5.91 Å². The zero-order valence-corrected chi connectivity index (χ0v) is 18.6. The van der Waals surface area contributed by atoms with Gasteiger partial charge < -0.3 is 9.84 Å². The summed E-state index contributed by atoms with van der Waals surface area (Å²) < 4.78 is 35.4. The molecule has 1 amide bonds. The minimum atomic E-state index is -0.683. The van der Waals surface area contributed by atoms with Crippen LogP contribution in [0.15, 0.2) is 30.5 Å². The van der Waals surface area contributed by atoms with Gasteiger partial charge in [0.2, 0.25) is 0 Å². The van der Waals surface area contributed by atoms with Crippen LogP contribution >= 0.6 is 0 Å². The van der Waals surface area contributed by atoms with Crippen LogP contribution in [0.5, 0.6) is 5.75 Å². The van der Waals surface area contributed by atoms with Crippen molar-refractivity contribution in [1.29, 1.82) is 0 Å². The van der Waals surface area contributed by atoms with Crippen LogP contribution in [0.1, 0.15) is 27.3 Å². The summed E-state index contributed by atoms with van der Waals surface area (Å²) in [5, 5.41) is 10.9. The molecule has 2 aromatic heterocycles. The molecule has 1 saturated heterocycles. The number of pyridine rings is 1. The summed E-state index contributed by atoms with van der Waals surface area (Å²) in [5.74, 6) is -1.33. The van der Waals surface area contributed by atoms with Gasteiger partial charge in [0.05, 0.1) is 17.9 Å². The molecule has 0 atom stereocenters. The van der Waals surface area contributed by atoms with Crippen molar-refractivity contribution in [2.24, 2.45) is 0 Å². The number of β-amino-alcohol motifs (C(OH)–C–C–N with tert-alkyl or cyclic N) is 1. The van der Waals surface area contributed by atoms with Gasteiger partial charge in [-0.1, -0.05) is 6.07 Å². The number of ether oxygens (including phenoxy) is 1. The summed E-state index contributed by atoms with van der Waals surface area (Å²) in [6, 6.07) is 5.38. The van der Waals surface area contributed by atoms with Crippen molar-refractivity contribution in [3.63, 3.8) is 0 Å². The lowest BCUT2D eigenvalue weighted by Crippen LogP contribution is -2.54. The molecule has 4 rings (SSSR count). The minimum absolute atomic E-state index is 0.112.